The van der Waals surface area contributed by atoms with Crippen LogP contribution in [0.2, 0.25) is 0 Å². The molecule has 7 heteroatoms. The van der Waals surface area contributed by atoms with Crippen LogP contribution in [0.5, 0.6) is 0 Å². The van der Waals surface area contributed by atoms with Crippen LogP contribution in [-0.2, 0) is 4.79 Å². The Labute approximate surface area is 176 Å². The van der Waals surface area contributed by atoms with Gasteiger partial charge in [-0.05, 0) is 62.6 Å². The minimum atomic E-state index is -0.121. The van der Waals surface area contributed by atoms with E-state index in [1.807, 2.05) is 10.6 Å². The molecule has 1 saturated carbocycles. The summed E-state index contributed by atoms with van der Waals surface area (Å²) in [6.07, 6.45) is 5.59. The average Bonchev–Trinajstić information content (AvgIpc) is 3.40. The Balaban J connectivity index is 1.22. The molecule has 0 spiro atoms. The zero-order chi connectivity index (χ0) is 20.8. The number of aromatic amines is 1. The van der Waals surface area contributed by atoms with Gasteiger partial charge >= 0.3 is 5.69 Å². The third-order valence-corrected chi connectivity index (χ3v) is 7.48. The predicted molar refractivity (Wildman–Crippen MR) is 115 cm³/mol. The van der Waals surface area contributed by atoms with Crippen molar-refractivity contribution >= 4 is 22.7 Å². The van der Waals surface area contributed by atoms with E-state index < -0.39 is 0 Å². The standard InChI is InChI=1S/C23H30N4O3/c1-15(28)16-5-6-21-20(11-16)24-23(30)27(21)19-7-9-25(10-8-19)14-22(29)26-12-17-3-2-4-18(17)13-26/h5-6,11,17-19H,2-4,7-10,12-14H2,1H3,(H,24,30)/t17-,18+. The van der Waals surface area contributed by atoms with Gasteiger partial charge in [-0.1, -0.05) is 6.42 Å². The van der Waals surface area contributed by atoms with E-state index >= 15 is 0 Å². The molecule has 5 rings (SSSR count). The number of piperidine rings is 1. The predicted octanol–water partition coefficient (Wildman–Crippen LogP) is 2.43. The SMILES string of the molecule is CC(=O)c1ccc2c(c1)[nH]c(=O)n2C1CCN(CC(=O)N2C[C@H]3CCC[C@H]3C2)CC1. The van der Waals surface area contributed by atoms with E-state index in [1.165, 1.54) is 26.2 Å². The van der Waals surface area contributed by atoms with E-state index in [-0.39, 0.29) is 23.4 Å². The largest absolute Gasteiger partial charge is 0.341 e. The molecule has 1 aliphatic carbocycles. The number of amides is 1. The average molecular weight is 411 g/mol. The van der Waals surface area contributed by atoms with Crippen LogP contribution in [0.25, 0.3) is 11.0 Å². The summed E-state index contributed by atoms with van der Waals surface area (Å²) in [6.45, 7) is 5.57. The Bertz CT molecular complexity index is 1020. The minimum Gasteiger partial charge on any atom is -0.341 e. The van der Waals surface area contributed by atoms with Gasteiger partial charge in [0.05, 0.1) is 17.6 Å². The number of carbonyl (C=O) groups excluding carboxylic acids is 2. The minimum absolute atomic E-state index is 0.00916. The first kappa shape index (κ1) is 19.5. The number of ketones is 1. The van der Waals surface area contributed by atoms with Crippen molar-refractivity contribution in [2.75, 3.05) is 32.7 Å². The van der Waals surface area contributed by atoms with Crippen LogP contribution in [0, 0.1) is 11.8 Å². The number of nitrogens with zero attached hydrogens (tertiary/aromatic N) is 3. The lowest BCUT2D eigenvalue weighted by Crippen LogP contribution is -2.44. The van der Waals surface area contributed by atoms with Crippen molar-refractivity contribution in [3.63, 3.8) is 0 Å². The summed E-state index contributed by atoms with van der Waals surface area (Å²) in [5.74, 6) is 1.72. The second kappa shape index (κ2) is 7.69. The van der Waals surface area contributed by atoms with Gasteiger partial charge in [0.15, 0.2) is 5.78 Å². The van der Waals surface area contributed by atoms with E-state index in [1.54, 1.807) is 12.1 Å². The maximum absolute atomic E-state index is 12.8. The molecule has 3 heterocycles. The van der Waals surface area contributed by atoms with Crippen molar-refractivity contribution in [1.82, 2.24) is 19.4 Å². The van der Waals surface area contributed by atoms with E-state index in [0.29, 0.717) is 17.6 Å². The zero-order valence-corrected chi connectivity index (χ0v) is 17.6. The van der Waals surface area contributed by atoms with Gasteiger partial charge in [-0.2, -0.15) is 0 Å². The zero-order valence-electron chi connectivity index (χ0n) is 17.6. The van der Waals surface area contributed by atoms with Crippen LogP contribution >= 0.6 is 0 Å². The van der Waals surface area contributed by atoms with Crippen LogP contribution < -0.4 is 5.69 Å². The van der Waals surface area contributed by atoms with Crippen molar-refractivity contribution in [3.05, 3.63) is 34.2 Å². The van der Waals surface area contributed by atoms with Gasteiger partial charge in [0.25, 0.3) is 0 Å². The smallest absolute Gasteiger partial charge is 0.326 e. The summed E-state index contributed by atoms with van der Waals surface area (Å²) in [7, 11) is 0. The highest BCUT2D eigenvalue weighted by molar-refractivity contribution is 5.97. The highest BCUT2D eigenvalue weighted by Gasteiger charge is 2.38. The lowest BCUT2D eigenvalue weighted by Gasteiger charge is -2.33. The van der Waals surface area contributed by atoms with Gasteiger partial charge in [-0.25, -0.2) is 4.79 Å². The number of hydrogen-bond donors (Lipinski definition) is 1. The molecule has 2 aromatic rings. The molecule has 30 heavy (non-hydrogen) atoms. The third kappa shape index (κ3) is 3.49. The number of nitrogens with one attached hydrogen (secondary N) is 1. The monoisotopic (exact) mass is 410 g/mol. The van der Waals surface area contributed by atoms with Crippen molar-refractivity contribution in [2.24, 2.45) is 11.8 Å². The molecule has 3 fully saturated rings. The van der Waals surface area contributed by atoms with Crippen molar-refractivity contribution in [2.45, 2.75) is 45.1 Å². The normalized spacial score (nSPS) is 25.2. The Kier molecular flexibility index (Phi) is 5.01. The first-order chi connectivity index (χ1) is 14.5. The fourth-order valence-corrected chi connectivity index (χ4v) is 5.78. The van der Waals surface area contributed by atoms with Crippen LogP contribution in [0.4, 0.5) is 0 Å². The summed E-state index contributed by atoms with van der Waals surface area (Å²) < 4.78 is 1.83. The second-order valence-corrected chi connectivity index (χ2v) is 9.35. The van der Waals surface area contributed by atoms with Crippen LogP contribution in [-0.4, -0.2) is 63.8 Å². The first-order valence-electron chi connectivity index (χ1n) is 11.2. The van der Waals surface area contributed by atoms with Gasteiger partial charge in [0.2, 0.25) is 5.91 Å². The molecule has 1 aromatic heterocycles. The molecule has 0 bridgehead atoms. The number of H-pyrrole nitrogens is 1. The van der Waals surface area contributed by atoms with E-state index in [2.05, 4.69) is 14.8 Å². The number of imidazole rings is 1. The number of likely N-dealkylation sites (tertiary alicyclic amines) is 2. The maximum Gasteiger partial charge on any atom is 0.326 e. The lowest BCUT2D eigenvalue weighted by molar-refractivity contribution is -0.132. The molecule has 2 atom stereocenters. The number of rotatable bonds is 4. The molecular weight excluding hydrogens is 380 g/mol. The highest BCUT2D eigenvalue weighted by Crippen LogP contribution is 2.37. The number of benzene rings is 1. The van der Waals surface area contributed by atoms with Gasteiger partial charge in [-0.15, -0.1) is 0 Å². The van der Waals surface area contributed by atoms with Crippen molar-refractivity contribution < 1.29 is 9.59 Å². The molecule has 2 aliphatic heterocycles. The van der Waals surface area contributed by atoms with Gasteiger partial charge < -0.3 is 9.88 Å². The van der Waals surface area contributed by atoms with Crippen LogP contribution in [0.1, 0.15) is 55.4 Å². The van der Waals surface area contributed by atoms with Crippen molar-refractivity contribution in [1.29, 1.82) is 0 Å². The fourth-order valence-electron chi connectivity index (χ4n) is 5.78. The molecule has 2 saturated heterocycles. The first-order valence-corrected chi connectivity index (χ1v) is 11.2. The fraction of sp³-hybridized carbons (Fsp3) is 0.609. The quantitative estimate of drug-likeness (QED) is 0.786. The summed E-state index contributed by atoms with van der Waals surface area (Å²) in [4.78, 5) is 44.2. The Morgan fingerprint density at radius 2 is 1.77 bits per heavy atom. The molecule has 3 aliphatic rings. The maximum atomic E-state index is 12.8. The van der Waals surface area contributed by atoms with Gasteiger partial charge in [0, 0.05) is 37.8 Å². The van der Waals surface area contributed by atoms with Gasteiger partial charge in [0.1, 0.15) is 0 Å². The summed E-state index contributed by atoms with van der Waals surface area (Å²) in [6, 6.07) is 5.53. The number of Topliss-reactive ketones (excluding diaryl/α,β-unsaturated/α-hetero) is 1. The number of fused-ring (bicyclic) bond motifs is 2. The van der Waals surface area contributed by atoms with E-state index in [4.69, 9.17) is 0 Å². The van der Waals surface area contributed by atoms with Crippen molar-refractivity contribution in [3.8, 4) is 0 Å². The van der Waals surface area contributed by atoms with Gasteiger partial charge in [-0.3, -0.25) is 19.1 Å². The Morgan fingerprint density at radius 3 is 2.43 bits per heavy atom. The number of carbonyl (C=O) groups is 2. The molecule has 0 radical (unpaired) electrons. The highest BCUT2D eigenvalue weighted by atomic mass is 16.2. The Morgan fingerprint density at radius 1 is 1.07 bits per heavy atom. The van der Waals surface area contributed by atoms with Crippen LogP contribution in [0.15, 0.2) is 23.0 Å². The number of aromatic nitrogens is 2. The topological polar surface area (TPSA) is 78.4 Å². The molecule has 0 unspecified atom stereocenters. The summed E-state index contributed by atoms with van der Waals surface area (Å²) in [5.41, 5.74) is 2.05. The summed E-state index contributed by atoms with van der Waals surface area (Å²) >= 11 is 0. The third-order valence-electron chi connectivity index (χ3n) is 7.48. The molecular formula is C23H30N4O3. The lowest BCUT2D eigenvalue weighted by atomic mass is 10.0. The summed E-state index contributed by atoms with van der Waals surface area (Å²) in [5, 5.41) is 0. The van der Waals surface area contributed by atoms with E-state index in [9.17, 15) is 14.4 Å². The molecule has 7 nitrogen and oxygen atoms in total. The second-order valence-electron chi connectivity index (χ2n) is 9.35. The molecule has 160 valence electrons. The Hall–Kier alpha value is -2.41. The molecule has 1 aromatic carbocycles. The van der Waals surface area contributed by atoms with Crippen LogP contribution in [0.3, 0.4) is 0 Å². The van der Waals surface area contributed by atoms with E-state index in [0.717, 1.165) is 56.4 Å². The number of hydrogen-bond acceptors (Lipinski definition) is 4. The molecule has 1 amide bonds. The molecule has 1 N–H and O–H groups in total.